The molecule has 2 N–H and O–H groups in total. The van der Waals surface area contributed by atoms with Gasteiger partial charge in [-0.2, -0.15) is 0 Å². The first-order valence-corrected chi connectivity index (χ1v) is 3.47. The highest BCUT2D eigenvalue weighted by atomic mass is 16.6. The van der Waals surface area contributed by atoms with E-state index >= 15 is 0 Å². The Bertz CT molecular complexity index is 281. The van der Waals surface area contributed by atoms with E-state index in [4.69, 9.17) is 5.73 Å². The number of nitrogens with zero attached hydrogens (tertiary/aromatic N) is 2. The van der Waals surface area contributed by atoms with Crippen molar-refractivity contribution in [3.63, 3.8) is 0 Å². The van der Waals surface area contributed by atoms with Crippen LogP contribution < -0.4 is 5.73 Å². The van der Waals surface area contributed by atoms with Gasteiger partial charge in [-0.15, -0.1) is 0 Å². The molecule has 5 nitrogen and oxygen atoms in total. The van der Waals surface area contributed by atoms with Crippen LogP contribution >= 0.6 is 0 Å². The van der Waals surface area contributed by atoms with Gasteiger partial charge in [-0.05, 0) is 22.9 Å². The van der Waals surface area contributed by atoms with Crippen molar-refractivity contribution in [2.45, 2.75) is 13.0 Å². The average Bonchev–Trinajstić information content (AvgIpc) is 2.04. The zero-order chi connectivity index (χ0) is 9.14. The summed E-state index contributed by atoms with van der Waals surface area (Å²) in [6.07, 6.45) is 1.42. The molecule has 0 spiro atoms. The second kappa shape index (κ2) is 3.27. The van der Waals surface area contributed by atoms with Crippen molar-refractivity contribution in [1.82, 2.24) is 4.98 Å². The molecule has 1 aromatic heterocycles. The second-order valence-electron chi connectivity index (χ2n) is 2.50. The van der Waals surface area contributed by atoms with E-state index in [-0.39, 0.29) is 11.9 Å². The van der Waals surface area contributed by atoms with Crippen LogP contribution in [0, 0.1) is 10.1 Å². The van der Waals surface area contributed by atoms with Crippen LogP contribution in [0.5, 0.6) is 0 Å². The number of nitrogens with two attached hydrogens (primary N) is 1. The first-order chi connectivity index (χ1) is 5.61. The van der Waals surface area contributed by atoms with Crippen molar-refractivity contribution in [3.8, 4) is 0 Å². The molecule has 0 saturated carbocycles. The molecule has 1 heterocycles. The smallest absolute Gasteiger partial charge is 0.358 e. The Morgan fingerprint density at radius 2 is 2.33 bits per heavy atom. The van der Waals surface area contributed by atoms with E-state index in [1.807, 2.05) is 0 Å². The van der Waals surface area contributed by atoms with Crippen LogP contribution in [0.2, 0.25) is 0 Å². The van der Waals surface area contributed by atoms with Gasteiger partial charge in [0, 0.05) is 17.7 Å². The molecule has 0 aliphatic carbocycles. The fourth-order valence-corrected chi connectivity index (χ4v) is 0.775. The molecule has 5 heteroatoms. The summed E-state index contributed by atoms with van der Waals surface area (Å²) in [5.74, 6) is -0.153. The topological polar surface area (TPSA) is 82.0 Å². The van der Waals surface area contributed by atoms with Gasteiger partial charge in [-0.25, -0.2) is 0 Å². The van der Waals surface area contributed by atoms with E-state index in [9.17, 15) is 10.1 Å². The zero-order valence-electron chi connectivity index (χ0n) is 6.60. The lowest BCUT2D eigenvalue weighted by molar-refractivity contribution is -0.389. The Morgan fingerprint density at radius 1 is 1.67 bits per heavy atom. The zero-order valence-corrected chi connectivity index (χ0v) is 6.60. The molecule has 0 unspecified atom stereocenters. The molecule has 0 fully saturated rings. The SMILES string of the molecule is C[C@@H](N)c1ccc([N+](=O)[O-])nc1. The van der Waals surface area contributed by atoms with Crippen molar-refractivity contribution in [2.24, 2.45) is 5.73 Å². The van der Waals surface area contributed by atoms with Gasteiger partial charge in [0.2, 0.25) is 0 Å². The normalized spacial score (nSPS) is 12.5. The highest BCUT2D eigenvalue weighted by Crippen LogP contribution is 2.11. The van der Waals surface area contributed by atoms with Crippen molar-refractivity contribution >= 4 is 5.82 Å². The minimum absolute atomic E-state index is 0.140. The molecular weight excluding hydrogens is 158 g/mol. The van der Waals surface area contributed by atoms with Crippen LogP contribution in [0.1, 0.15) is 18.5 Å². The third-order valence-corrected chi connectivity index (χ3v) is 1.48. The minimum Gasteiger partial charge on any atom is -0.358 e. The highest BCUT2D eigenvalue weighted by Gasteiger charge is 2.07. The van der Waals surface area contributed by atoms with Crippen LogP contribution in [0.4, 0.5) is 5.82 Å². The molecule has 0 bridgehead atoms. The summed E-state index contributed by atoms with van der Waals surface area (Å²) < 4.78 is 0. The van der Waals surface area contributed by atoms with Gasteiger partial charge in [0.05, 0.1) is 0 Å². The lowest BCUT2D eigenvalue weighted by Crippen LogP contribution is -2.05. The molecule has 0 radical (unpaired) electrons. The number of hydrogen-bond acceptors (Lipinski definition) is 4. The van der Waals surface area contributed by atoms with Crippen molar-refractivity contribution in [2.75, 3.05) is 0 Å². The molecule has 1 atom stereocenters. The molecule has 0 aliphatic heterocycles. The monoisotopic (exact) mass is 167 g/mol. The maximum Gasteiger partial charge on any atom is 0.363 e. The van der Waals surface area contributed by atoms with Crippen LogP contribution in [-0.2, 0) is 0 Å². The van der Waals surface area contributed by atoms with Crippen molar-refractivity contribution in [1.29, 1.82) is 0 Å². The number of rotatable bonds is 2. The van der Waals surface area contributed by atoms with E-state index in [0.717, 1.165) is 5.56 Å². The fraction of sp³-hybridized carbons (Fsp3) is 0.286. The van der Waals surface area contributed by atoms with Gasteiger partial charge < -0.3 is 15.8 Å². The molecule has 0 aromatic carbocycles. The molecule has 1 rings (SSSR count). The first-order valence-electron chi connectivity index (χ1n) is 3.47. The molecule has 64 valence electrons. The molecule has 0 amide bonds. The van der Waals surface area contributed by atoms with Crippen LogP contribution in [0.25, 0.3) is 0 Å². The van der Waals surface area contributed by atoms with Gasteiger partial charge in [0.25, 0.3) is 0 Å². The summed E-state index contributed by atoms with van der Waals surface area (Å²) in [7, 11) is 0. The number of aromatic nitrogens is 1. The maximum absolute atomic E-state index is 10.2. The average molecular weight is 167 g/mol. The summed E-state index contributed by atoms with van der Waals surface area (Å²) in [4.78, 5) is 13.3. The Morgan fingerprint density at radius 3 is 2.67 bits per heavy atom. The highest BCUT2D eigenvalue weighted by molar-refractivity contribution is 5.24. The van der Waals surface area contributed by atoms with Gasteiger partial charge >= 0.3 is 5.82 Å². The summed E-state index contributed by atoms with van der Waals surface area (Å²) in [6.45, 7) is 1.79. The van der Waals surface area contributed by atoms with Gasteiger partial charge in [-0.1, -0.05) is 0 Å². The number of hydrogen-bond donors (Lipinski definition) is 1. The van der Waals surface area contributed by atoms with Crippen molar-refractivity contribution < 1.29 is 4.92 Å². The summed E-state index contributed by atoms with van der Waals surface area (Å²) >= 11 is 0. The van der Waals surface area contributed by atoms with Gasteiger partial charge in [0.15, 0.2) is 0 Å². The largest absolute Gasteiger partial charge is 0.363 e. The van der Waals surface area contributed by atoms with Crippen LogP contribution in [0.3, 0.4) is 0 Å². The van der Waals surface area contributed by atoms with E-state index in [0.29, 0.717) is 0 Å². The van der Waals surface area contributed by atoms with E-state index in [2.05, 4.69) is 4.98 Å². The quantitative estimate of drug-likeness (QED) is 0.526. The first kappa shape index (κ1) is 8.61. The van der Waals surface area contributed by atoms with Crippen LogP contribution in [0.15, 0.2) is 18.3 Å². The third-order valence-electron chi connectivity index (χ3n) is 1.48. The Hall–Kier alpha value is -1.49. The van der Waals surface area contributed by atoms with Gasteiger partial charge in [-0.3, -0.25) is 0 Å². The van der Waals surface area contributed by atoms with Gasteiger partial charge in [0.1, 0.15) is 6.20 Å². The Labute approximate surface area is 69.4 Å². The standard InChI is InChI=1S/C7H9N3O2/c1-5(8)6-2-3-7(9-4-6)10(11)12/h2-5H,8H2,1H3/t5-/m1/s1. The number of pyridine rings is 1. The molecular formula is C7H9N3O2. The summed E-state index contributed by atoms with van der Waals surface area (Å²) in [5, 5.41) is 10.2. The minimum atomic E-state index is -0.537. The Kier molecular flexibility index (Phi) is 2.35. The second-order valence-corrected chi connectivity index (χ2v) is 2.50. The lowest BCUT2D eigenvalue weighted by atomic mass is 10.2. The fourth-order valence-electron chi connectivity index (χ4n) is 0.775. The van der Waals surface area contributed by atoms with Crippen molar-refractivity contribution in [3.05, 3.63) is 34.0 Å². The van der Waals surface area contributed by atoms with E-state index < -0.39 is 4.92 Å². The molecule has 0 saturated heterocycles. The van der Waals surface area contributed by atoms with E-state index in [1.54, 1.807) is 13.0 Å². The molecule has 0 aliphatic rings. The summed E-state index contributed by atoms with van der Waals surface area (Å²) in [5.41, 5.74) is 6.32. The summed E-state index contributed by atoms with van der Waals surface area (Å²) in [6, 6.07) is 2.81. The molecule has 1 aromatic rings. The predicted molar refractivity (Wildman–Crippen MR) is 43.5 cm³/mol. The number of nitro groups is 1. The van der Waals surface area contributed by atoms with Crippen LogP contribution in [-0.4, -0.2) is 9.91 Å². The predicted octanol–water partition coefficient (Wildman–Crippen LogP) is 1.01. The lowest BCUT2D eigenvalue weighted by Gasteiger charge is -2.00. The molecule has 12 heavy (non-hydrogen) atoms. The van der Waals surface area contributed by atoms with E-state index in [1.165, 1.54) is 12.3 Å². The Balaban J connectivity index is 2.93. The third kappa shape index (κ3) is 1.76. The maximum atomic E-state index is 10.2.